The molecule has 1 unspecified atom stereocenters. The lowest BCUT2D eigenvalue weighted by atomic mass is 9.79. The second kappa shape index (κ2) is 5.43. The molecule has 2 rings (SSSR count). The van der Waals surface area contributed by atoms with Crippen LogP contribution in [0.3, 0.4) is 0 Å². The summed E-state index contributed by atoms with van der Waals surface area (Å²) in [7, 11) is 0. The molecule has 0 radical (unpaired) electrons. The first-order valence-electron chi connectivity index (χ1n) is 8.04. The Morgan fingerprint density at radius 3 is 2.19 bits per heavy atom. The van der Waals surface area contributed by atoms with Crippen LogP contribution in [-0.4, -0.2) is 40.4 Å². The van der Waals surface area contributed by atoms with E-state index in [1.807, 2.05) is 6.92 Å². The lowest BCUT2D eigenvalue weighted by Crippen LogP contribution is -2.64. The predicted molar refractivity (Wildman–Crippen MR) is 84.2 cm³/mol. The van der Waals surface area contributed by atoms with Crippen LogP contribution in [0.2, 0.25) is 0 Å². The van der Waals surface area contributed by atoms with Crippen LogP contribution in [0.15, 0.2) is 0 Å². The first kappa shape index (κ1) is 16.6. The van der Waals surface area contributed by atoms with E-state index in [-0.39, 0.29) is 29.8 Å². The number of aliphatic hydroxyl groups excluding tert-OH is 1. The van der Waals surface area contributed by atoms with Gasteiger partial charge in [-0.3, -0.25) is 0 Å². The second-order valence-corrected chi connectivity index (χ2v) is 8.45. The molecule has 2 aliphatic rings. The minimum Gasteiger partial charge on any atom is -0.394 e. The van der Waals surface area contributed by atoms with Crippen molar-refractivity contribution in [2.24, 2.45) is 5.92 Å². The summed E-state index contributed by atoms with van der Waals surface area (Å²) >= 11 is 0. The average molecular weight is 297 g/mol. The van der Waals surface area contributed by atoms with Crippen molar-refractivity contribution in [3.05, 3.63) is 0 Å². The highest BCUT2D eigenvalue weighted by molar-refractivity contribution is 5.75. The number of aliphatic hydroxyl groups is 1. The molecule has 2 amide bonds. The van der Waals surface area contributed by atoms with Crippen LogP contribution in [-0.2, 0) is 0 Å². The molecule has 1 aliphatic carbocycles. The van der Waals surface area contributed by atoms with E-state index in [0.717, 1.165) is 25.7 Å². The van der Waals surface area contributed by atoms with Crippen molar-refractivity contribution in [1.82, 2.24) is 16.0 Å². The summed E-state index contributed by atoms with van der Waals surface area (Å²) in [4.78, 5) is 12.3. The zero-order valence-electron chi connectivity index (χ0n) is 14.0. The van der Waals surface area contributed by atoms with Gasteiger partial charge >= 0.3 is 6.03 Å². The van der Waals surface area contributed by atoms with E-state index in [1.54, 1.807) is 0 Å². The van der Waals surface area contributed by atoms with Crippen LogP contribution in [0.5, 0.6) is 0 Å². The molecule has 1 aliphatic heterocycles. The fourth-order valence-electron chi connectivity index (χ4n) is 3.90. The van der Waals surface area contributed by atoms with Crippen LogP contribution >= 0.6 is 0 Å². The molecule has 21 heavy (non-hydrogen) atoms. The van der Waals surface area contributed by atoms with Crippen molar-refractivity contribution in [3.63, 3.8) is 0 Å². The van der Waals surface area contributed by atoms with Crippen molar-refractivity contribution in [2.75, 3.05) is 6.61 Å². The summed E-state index contributed by atoms with van der Waals surface area (Å²) in [6.45, 7) is 10.6. The monoisotopic (exact) mass is 297 g/mol. The Labute approximate surface area is 128 Å². The zero-order valence-corrected chi connectivity index (χ0v) is 14.0. The average Bonchev–Trinajstić information content (AvgIpc) is 3.07. The maximum Gasteiger partial charge on any atom is 0.315 e. The Morgan fingerprint density at radius 1 is 1.24 bits per heavy atom. The van der Waals surface area contributed by atoms with Crippen molar-refractivity contribution in [1.29, 1.82) is 0 Å². The first-order chi connectivity index (χ1) is 9.55. The van der Waals surface area contributed by atoms with Gasteiger partial charge in [-0.05, 0) is 66.2 Å². The first-order valence-corrected chi connectivity index (χ1v) is 8.04. The van der Waals surface area contributed by atoms with Gasteiger partial charge < -0.3 is 21.1 Å². The number of hydrogen-bond donors (Lipinski definition) is 4. The molecule has 1 saturated heterocycles. The third-order valence-electron chi connectivity index (χ3n) is 4.73. The van der Waals surface area contributed by atoms with Crippen LogP contribution in [0.1, 0.15) is 60.3 Å². The maximum absolute atomic E-state index is 12.3. The molecule has 0 aromatic heterocycles. The Balaban J connectivity index is 1.93. The molecule has 122 valence electrons. The third-order valence-corrected chi connectivity index (χ3v) is 4.73. The van der Waals surface area contributed by atoms with Crippen molar-refractivity contribution in [3.8, 4) is 0 Å². The van der Waals surface area contributed by atoms with Gasteiger partial charge in [0, 0.05) is 17.1 Å². The smallest absolute Gasteiger partial charge is 0.315 e. The number of amides is 2. The fourth-order valence-corrected chi connectivity index (χ4v) is 3.90. The Kier molecular flexibility index (Phi) is 4.28. The van der Waals surface area contributed by atoms with Gasteiger partial charge in [0.25, 0.3) is 0 Å². The molecule has 0 aromatic carbocycles. The van der Waals surface area contributed by atoms with Crippen LogP contribution < -0.4 is 16.0 Å². The number of carbonyl (C=O) groups is 1. The number of hydrogen-bond acceptors (Lipinski definition) is 3. The Hall–Kier alpha value is -0.810. The van der Waals surface area contributed by atoms with Gasteiger partial charge in [0.1, 0.15) is 0 Å². The molecule has 1 saturated carbocycles. The fraction of sp³-hybridized carbons (Fsp3) is 0.938. The van der Waals surface area contributed by atoms with Gasteiger partial charge in [0.15, 0.2) is 0 Å². The molecular formula is C16H31N3O2. The van der Waals surface area contributed by atoms with Crippen molar-refractivity contribution in [2.45, 2.75) is 83.0 Å². The highest BCUT2D eigenvalue weighted by Crippen LogP contribution is 2.39. The molecule has 5 nitrogen and oxygen atoms in total. The quantitative estimate of drug-likeness (QED) is 0.639. The van der Waals surface area contributed by atoms with Crippen molar-refractivity contribution < 1.29 is 9.90 Å². The van der Waals surface area contributed by atoms with E-state index in [9.17, 15) is 9.90 Å². The minimum absolute atomic E-state index is 0.00566. The highest BCUT2D eigenvalue weighted by atomic mass is 16.3. The summed E-state index contributed by atoms with van der Waals surface area (Å²) in [5.41, 5.74) is -0.463. The largest absolute Gasteiger partial charge is 0.394 e. The third kappa shape index (κ3) is 4.33. The molecule has 4 N–H and O–H groups in total. The summed E-state index contributed by atoms with van der Waals surface area (Å²) < 4.78 is 0. The Morgan fingerprint density at radius 2 is 1.76 bits per heavy atom. The summed E-state index contributed by atoms with van der Waals surface area (Å²) in [5, 5.41) is 19.3. The molecule has 1 heterocycles. The summed E-state index contributed by atoms with van der Waals surface area (Å²) in [6.07, 6.45) is 3.99. The van der Waals surface area contributed by atoms with Gasteiger partial charge in [0.05, 0.1) is 12.1 Å². The van der Waals surface area contributed by atoms with Gasteiger partial charge in [-0.1, -0.05) is 0 Å². The molecule has 0 aromatic rings. The molecule has 5 heteroatoms. The zero-order chi connectivity index (χ0) is 15.9. The standard InChI is InChI=1S/C16H31N3O2/c1-14(2)8-12(9-15(3,4)19-14)17-13(21)18-16(5,10-20)11-6-7-11/h11-12,19-20H,6-10H2,1-5H3,(H2,17,18,21). The lowest BCUT2D eigenvalue weighted by Gasteiger charge is -2.46. The van der Waals surface area contributed by atoms with E-state index in [1.165, 1.54) is 0 Å². The van der Waals surface area contributed by atoms with Crippen LogP contribution in [0, 0.1) is 5.92 Å². The second-order valence-electron chi connectivity index (χ2n) is 8.45. The minimum atomic E-state index is -0.484. The lowest BCUT2D eigenvalue weighted by molar-refractivity contribution is 0.135. The predicted octanol–water partition coefficient (Wildman–Crippen LogP) is 1.76. The van der Waals surface area contributed by atoms with Gasteiger partial charge in [0.2, 0.25) is 0 Å². The SMILES string of the molecule is CC1(C)CC(NC(=O)NC(C)(CO)C2CC2)CC(C)(C)N1. The van der Waals surface area contributed by atoms with E-state index in [4.69, 9.17) is 0 Å². The molecule has 0 bridgehead atoms. The Bertz CT molecular complexity index is 388. The van der Waals surface area contributed by atoms with E-state index in [2.05, 4.69) is 43.6 Å². The van der Waals surface area contributed by atoms with Gasteiger partial charge in [-0.2, -0.15) is 0 Å². The number of rotatable bonds is 4. The summed E-state index contributed by atoms with van der Waals surface area (Å²) in [5.74, 6) is 0.411. The van der Waals surface area contributed by atoms with E-state index >= 15 is 0 Å². The van der Waals surface area contributed by atoms with Crippen molar-refractivity contribution >= 4 is 6.03 Å². The van der Waals surface area contributed by atoms with Gasteiger partial charge in [-0.25, -0.2) is 4.79 Å². The highest BCUT2D eigenvalue weighted by Gasteiger charge is 2.43. The molecule has 2 fully saturated rings. The topological polar surface area (TPSA) is 73.4 Å². The van der Waals surface area contributed by atoms with Gasteiger partial charge in [-0.15, -0.1) is 0 Å². The van der Waals surface area contributed by atoms with Crippen LogP contribution in [0.4, 0.5) is 4.79 Å². The number of piperidine rings is 1. The van der Waals surface area contributed by atoms with Crippen LogP contribution in [0.25, 0.3) is 0 Å². The number of carbonyl (C=O) groups excluding carboxylic acids is 1. The number of nitrogens with one attached hydrogen (secondary N) is 3. The summed E-state index contributed by atoms with van der Waals surface area (Å²) in [6, 6.07) is -0.00431. The number of urea groups is 1. The molecule has 1 atom stereocenters. The maximum atomic E-state index is 12.3. The normalized spacial score (nSPS) is 27.7. The van der Waals surface area contributed by atoms with E-state index < -0.39 is 5.54 Å². The molecular weight excluding hydrogens is 266 g/mol. The van der Waals surface area contributed by atoms with E-state index in [0.29, 0.717) is 5.92 Å². The molecule has 0 spiro atoms.